The van der Waals surface area contributed by atoms with Gasteiger partial charge in [0.05, 0.1) is 19.1 Å². The number of carbonyl (C=O) groups excluding carboxylic acids is 1. The maximum atomic E-state index is 12.4. The first kappa shape index (κ1) is 13.6. The van der Waals surface area contributed by atoms with Crippen LogP contribution in [0.3, 0.4) is 0 Å². The van der Waals surface area contributed by atoms with Crippen molar-refractivity contribution in [3.8, 4) is 0 Å². The van der Waals surface area contributed by atoms with Crippen LogP contribution in [0.5, 0.6) is 0 Å². The molecule has 3 rings (SSSR count). The van der Waals surface area contributed by atoms with Crippen LogP contribution in [-0.4, -0.2) is 43.6 Å². The van der Waals surface area contributed by atoms with Crippen LogP contribution in [0.25, 0.3) is 0 Å². The summed E-state index contributed by atoms with van der Waals surface area (Å²) in [6, 6.07) is 8.33. The van der Waals surface area contributed by atoms with E-state index in [1.807, 2.05) is 11.0 Å². The Hall–Kier alpha value is -1.39. The van der Waals surface area contributed by atoms with E-state index in [4.69, 9.17) is 4.74 Å². The Kier molecular flexibility index (Phi) is 4.33. The van der Waals surface area contributed by atoms with Gasteiger partial charge < -0.3 is 15.0 Å². The van der Waals surface area contributed by atoms with Crippen molar-refractivity contribution in [3.63, 3.8) is 0 Å². The molecule has 0 aliphatic carbocycles. The predicted molar refractivity (Wildman–Crippen MR) is 77.5 cm³/mol. The summed E-state index contributed by atoms with van der Waals surface area (Å²) >= 11 is 0. The van der Waals surface area contributed by atoms with Gasteiger partial charge in [-0.25, -0.2) is 0 Å². The maximum Gasteiger partial charge on any atom is 0.225 e. The summed E-state index contributed by atoms with van der Waals surface area (Å²) in [5.41, 5.74) is 2.52. The monoisotopic (exact) mass is 274 g/mol. The predicted octanol–water partition coefficient (Wildman–Crippen LogP) is 1.51. The molecule has 1 aromatic rings. The zero-order valence-electron chi connectivity index (χ0n) is 11.8. The molecule has 20 heavy (non-hydrogen) atoms. The number of hydrogen-bond donors (Lipinski definition) is 1. The molecule has 1 aromatic carbocycles. The average molecular weight is 274 g/mol. The van der Waals surface area contributed by atoms with Crippen LogP contribution < -0.4 is 5.32 Å². The normalized spacial score (nSPS) is 23.0. The third-order valence-corrected chi connectivity index (χ3v) is 4.15. The molecule has 108 valence electrons. The largest absolute Gasteiger partial charge is 0.373 e. The molecule has 1 fully saturated rings. The van der Waals surface area contributed by atoms with E-state index in [1.165, 1.54) is 11.1 Å². The summed E-state index contributed by atoms with van der Waals surface area (Å²) in [4.78, 5) is 14.4. The lowest BCUT2D eigenvalue weighted by atomic mass is 9.95. The first-order chi connectivity index (χ1) is 9.84. The van der Waals surface area contributed by atoms with Crippen LogP contribution in [-0.2, 0) is 16.0 Å². The Labute approximate surface area is 120 Å². The SMILES string of the molecule is O=C(CC1OCCc2ccccc21)N1CCCNCC1. The maximum absolute atomic E-state index is 12.4. The molecule has 1 N–H and O–H groups in total. The Bertz CT molecular complexity index is 467. The Morgan fingerprint density at radius 2 is 2.20 bits per heavy atom. The summed E-state index contributed by atoms with van der Waals surface area (Å²) < 4.78 is 5.83. The highest BCUT2D eigenvalue weighted by Crippen LogP contribution is 2.29. The molecule has 0 radical (unpaired) electrons. The number of hydrogen-bond acceptors (Lipinski definition) is 3. The smallest absolute Gasteiger partial charge is 0.225 e. The molecule has 1 amide bonds. The van der Waals surface area contributed by atoms with Gasteiger partial charge in [0.1, 0.15) is 0 Å². The van der Waals surface area contributed by atoms with Crippen molar-refractivity contribution in [2.45, 2.75) is 25.4 Å². The number of rotatable bonds is 2. The molecule has 2 aliphatic heterocycles. The zero-order valence-corrected chi connectivity index (χ0v) is 11.8. The van der Waals surface area contributed by atoms with E-state index in [-0.39, 0.29) is 12.0 Å². The lowest BCUT2D eigenvalue weighted by molar-refractivity contribution is -0.134. The van der Waals surface area contributed by atoms with Gasteiger partial charge in [0.2, 0.25) is 5.91 Å². The van der Waals surface area contributed by atoms with Gasteiger partial charge in [-0.3, -0.25) is 4.79 Å². The third-order valence-electron chi connectivity index (χ3n) is 4.15. The van der Waals surface area contributed by atoms with Crippen molar-refractivity contribution >= 4 is 5.91 Å². The molecule has 1 saturated heterocycles. The number of nitrogens with zero attached hydrogens (tertiary/aromatic N) is 1. The molecule has 4 nitrogen and oxygen atoms in total. The highest BCUT2D eigenvalue weighted by atomic mass is 16.5. The number of carbonyl (C=O) groups is 1. The molecule has 0 aromatic heterocycles. The van der Waals surface area contributed by atoms with Crippen LogP contribution >= 0.6 is 0 Å². The fourth-order valence-electron chi connectivity index (χ4n) is 3.03. The van der Waals surface area contributed by atoms with E-state index in [0.717, 1.165) is 45.6 Å². The second-order valence-corrected chi connectivity index (χ2v) is 5.50. The third kappa shape index (κ3) is 3.02. The van der Waals surface area contributed by atoms with E-state index in [2.05, 4.69) is 23.5 Å². The molecule has 2 aliphatic rings. The summed E-state index contributed by atoms with van der Waals surface area (Å²) in [7, 11) is 0. The molecule has 0 saturated carbocycles. The van der Waals surface area contributed by atoms with Gasteiger partial charge >= 0.3 is 0 Å². The minimum Gasteiger partial charge on any atom is -0.373 e. The van der Waals surface area contributed by atoms with Crippen LogP contribution in [0.1, 0.15) is 30.1 Å². The van der Waals surface area contributed by atoms with Gasteiger partial charge in [0, 0.05) is 19.6 Å². The number of nitrogens with one attached hydrogen (secondary N) is 1. The highest BCUT2D eigenvalue weighted by molar-refractivity contribution is 5.77. The second-order valence-electron chi connectivity index (χ2n) is 5.50. The van der Waals surface area contributed by atoms with Gasteiger partial charge in [-0.2, -0.15) is 0 Å². The standard InChI is InChI=1S/C16H22N2O2/c19-16(18-9-3-7-17-8-10-18)12-15-14-5-2-1-4-13(14)6-11-20-15/h1-2,4-5,15,17H,3,6-12H2. The summed E-state index contributed by atoms with van der Waals surface area (Å²) in [5, 5.41) is 3.33. The molecule has 0 spiro atoms. The number of amides is 1. The quantitative estimate of drug-likeness (QED) is 0.889. The van der Waals surface area contributed by atoms with Crippen LogP contribution in [0.4, 0.5) is 0 Å². The van der Waals surface area contributed by atoms with Crippen LogP contribution in [0, 0.1) is 0 Å². The van der Waals surface area contributed by atoms with Crippen molar-refractivity contribution in [2.75, 3.05) is 32.8 Å². The van der Waals surface area contributed by atoms with E-state index in [9.17, 15) is 4.79 Å². The Morgan fingerprint density at radius 1 is 1.30 bits per heavy atom. The molecular weight excluding hydrogens is 252 g/mol. The first-order valence-corrected chi connectivity index (χ1v) is 7.52. The van der Waals surface area contributed by atoms with Crippen molar-refractivity contribution < 1.29 is 9.53 Å². The fraction of sp³-hybridized carbons (Fsp3) is 0.562. The van der Waals surface area contributed by atoms with E-state index in [0.29, 0.717) is 6.42 Å². The van der Waals surface area contributed by atoms with Crippen molar-refractivity contribution in [3.05, 3.63) is 35.4 Å². The summed E-state index contributed by atoms with van der Waals surface area (Å²) in [6.45, 7) is 4.30. The van der Waals surface area contributed by atoms with Crippen molar-refractivity contribution in [1.82, 2.24) is 10.2 Å². The molecule has 2 heterocycles. The van der Waals surface area contributed by atoms with E-state index in [1.54, 1.807) is 0 Å². The van der Waals surface area contributed by atoms with Crippen molar-refractivity contribution in [2.24, 2.45) is 0 Å². The highest BCUT2D eigenvalue weighted by Gasteiger charge is 2.25. The molecular formula is C16H22N2O2. The van der Waals surface area contributed by atoms with Gasteiger partial charge in [-0.15, -0.1) is 0 Å². The number of fused-ring (bicyclic) bond motifs is 1. The Balaban J connectivity index is 1.67. The minimum absolute atomic E-state index is 0.0661. The lowest BCUT2D eigenvalue weighted by Gasteiger charge is -2.28. The molecule has 1 unspecified atom stereocenters. The van der Waals surface area contributed by atoms with Gasteiger partial charge in [-0.1, -0.05) is 24.3 Å². The molecule has 0 bridgehead atoms. The van der Waals surface area contributed by atoms with E-state index >= 15 is 0 Å². The number of benzene rings is 1. The van der Waals surface area contributed by atoms with Gasteiger partial charge in [0.25, 0.3) is 0 Å². The van der Waals surface area contributed by atoms with Gasteiger partial charge in [-0.05, 0) is 30.5 Å². The van der Waals surface area contributed by atoms with Crippen LogP contribution in [0.2, 0.25) is 0 Å². The number of ether oxygens (including phenoxy) is 1. The molecule has 1 atom stereocenters. The van der Waals surface area contributed by atoms with Gasteiger partial charge in [0.15, 0.2) is 0 Å². The van der Waals surface area contributed by atoms with Crippen LogP contribution in [0.15, 0.2) is 24.3 Å². The van der Waals surface area contributed by atoms with E-state index < -0.39 is 0 Å². The first-order valence-electron chi connectivity index (χ1n) is 7.52. The fourth-order valence-corrected chi connectivity index (χ4v) is 3.03. The lowest BCUT2D eigenvalue weighted by Crippen LogP contribution is -2.35. The average Bonchev–Trinajstić information content (AvgIpc) is 2.77. The Morgan fingerprint density at radius 3 is 3.15 bits per heavy atom. The zero-order chi connectivity index (χ0) is 13.8. The molecule has 4 heteroatoms. The summed E-state index contributed by atoms with van der Waals surface area (Å²) in [6.07, 6.45) is 2.39. The minimum atomic E-state index is -0.0661. The summed E-state index contributed by atoms with van der Waals surface area (Å²) in [5.74, 6) is 0.218. The van der Waals surface area contributed by atoms with Crippen molar-refractivity contribution in [1.29, 1.82) is 0 Å². The second kappa shape index (κ2) is 6.37. The topological polar surface area (TPSA) is 41.6 Å².